The van der Waals surface area contributed by atoms with Gasteiger partial charge in [0.1, 0.15) is 0 Å². The average molecular weight is 470 g/mol. The minimum atomic E-state index is -0.0162. The molecule has 2 amide bonds. The molecule has 0 atom stereocenters. The summed E-state index contributed by atoms with van der Waals surface area (Å²) >= 11 is 0. The van der Waals surface area contributed by atoms with E-state index in [-0.39, 0.29) is 11.8 Å². The van der Waals surface area contributed by atoms with Crippen molar-refractivity contribution in [2.75, 3.05) is 33.2 Å². The van der Waals surface area contributed by atoms with E-state index in [1.165, 1.54) is 96.6 Å². The Morgan fingerprint density at radius 1 is 0.576 bits per heavy atom. The van der Waals surface area contributed by atoms with Crippen molar-refractivity contribution in [1.29, 1.82) is 0 Å². The highest BCUT2D eigenvalue weighted by atomic mass is 16.2. The van der Waals surface area contributed by atoms with Gasteiger partial charge in [0, 0.05) is 33.0 Å². The summed E-state index contributed by atoms with van der Waals surface area (Å²) in [6, 6.07) is 0. The van der Waals surface area contributed by atoms with E-state index in [0.29, 0.717) is 19.4 Å². The molecule has 198 valence electrons. The molecule has 0 bridgehead atoms. The Kier molecular flexibility index (Phi) is 29.9. The van der Waals surface area contributed by atoms with Crippen molar-refractivity contribution in [1.82, 2.24) is 15.5 Å². The Balaban J connectivity index is 0. The third-order valence-corrected chi connectivity index (χ3v) is 5.83. The lowest BCUT2D eigenvalue weighted by Gasteiger charge is -2.17. The van der Waals surface area contributed by atoms with Gasteiger partial charge >= 0.3 is 0 Å². The maximum atomic E-state index is 12.0. The van der Waals surface area contributed by atoms with Crippen LogP contribution in [-0.2, 0) is 9.59 Å². The normalized spacial score (nSPS) is 10.5. The van der Waals surface area contributed by atoms with Crippen LogP contribution >= 0.6 is 0 Å². The third-order valence-electron chi connectivity index (χ3n) is 5.83. The Morgan fingerprint density at radius 2 is 1.06 bits per heavy atom. The van der Waals surface area contributed by atoms with Gasteiger partial charge in [-0.2, -0.15) is 0 Å². The summed E-state index contributed by atoms with van der Waals surface area (Å²) in [6.07, 6.45) is 19.9. The molecule has 0 aliphatic rings. The number of hydrogen-bond donors (Lipinski definition) is 2. The maximum Gasteiger partial charge on any atom is 0.222 e. The largest absolute Gasteiger partial charge is 0.356 e. The number of carbonyl (C=O) groups excluding carboxylic acids is 2. The fraction of sp³-hybridized carbons (Fsp3) is 0.929. The SMILES string of the molecule is CCCCCCCCCCCCN(C)C(=O)CCC(=O)NCCC.CCCCNCCCC. The molecule has 0 saturated heterocycles. The second kappa shape index (κ2) is 28.9. The summed E-state index contributed by atoms with van der Waals surface area (Å²) in [5, 5.41) is 6.19. The number of rotatable bonds is 22. The van der Waals surface area contributed by atoms with Crippen molar-refractivity contribution < 1.29 is 9.59 Å². The molecular formula is C28H59N3O2. The maximum absolute atomic E-state index is 12.0. The van der Waals surface area contributed by atoms with E-state index >= 15 is 0 Å². The van der Waals surface area contributed by atoms with Crippen molar-refractivity contribution >= 4 is 11.8 Å². The van der Waals surface area contributed by atoms with Gasteiger partial charge < -0.3 is 15.5 Å². The lowest BCUT2D eigenvalue weighted by molar-refractivity contribution is -0.132. The van der Waals surface area contributed by atoms with Crippen LogP contribution in [0.2, 0.25) is 0 Å². The lowest BCUT2D eigenvalue weighted by Crippen LogP contribution is -2.30. The molecule has 0 aliphatic heterocycles. The van der Waals surface area contributed by atoms with Gasteiger partial charge in [0.2, 0.25) is 11.8 Å². The third kappa shape index (κ3) is 28.9. The molecule has 0 saturated carbocycles. The minimum Gasteiger partial charge on any atom is -0.356 e. The molecule has 0 heterocycles. The molecule has 2 N–H and O–H groups in total. The molecule has 33 heavy (non-hydrogen) atoms. The number of nitrogens with zero attached hydrogens (tertiary/aromatic N) is 1. The summed E-state index contributed by atoms with van der Waals surface area (Å²) in [5.74, 6) is 0.0649. The molecule has 0 unspecified atom stereocenters. The Hall–Kier alpha value is -1.10. The molecule has 0 spiro atoms. The standard InChI is InChI=1S/C20H40N2O2.C8H19N/c1-4-6-7-8-9-10-11-12-13-14-18-22(3)20(24)16-15-19(23)21-17-5-2;1-3-5-7-9-8-6-4-2/h4-18H2,1-3H3,(H,21,23);9H,3-8H2,1-2H3. The van der Waals surface area contributed by atoms with Crippen molar-refractivity contribution in [3.05, 3.63) is 0 Å². The van der Waals surface area contributed by atoms with Crippen LogP contribution in [0.4, 0.5) is 0 Å². The molecule has 5 nitrogen and oxygen atoms in total. The predicted molar refractivity (Wildman–Crippen MR) is 145 cm³/mol. The van der Waals surface area contributed by atoms with Gasteiger partial charge in [-0.05, 0) is 38.8 Å². The highest BCUT2D eigenvalue weighted by molar-refractivity contribution is 5.83. The zero-order valence-corrected chi connectivity index (χ0v) is 23.1. The summed E-state index contributed by atoms with van der Waals surface area (Å²) in [7, 11) is 1.85. The Bertz CT molecular complexity index is 410. The van der Waals surface area contributed by atoms with Crippen molar-refractivity contribution in [3.8, 4) is 0 Å². The van der Waals surface area contributed by atoms with E-state index in [0.717, 1.165) is 19.4 Å². The van der Waals surface area contributed by atoms with Gasteiger partial charge in [-0.3, -0.25) is 9.59 Å². The number of unbranched alkanes of at least 4 members (excludes halogenated alkanes) is 11. The van der Waals surface area contributed by atoms with Crippen LogP contribution in [0.3, 0.4) is 0 Å². The Labute approximate surface area is 207 Å². The number of carbonyl (C=O) groups is 2. The van der Waals surface area contributed by atoms with E-state index in [2.05, 4.69) is 31.4 Å². The monoisotopic (exact) mass is 469 g/mol. The summed E-state index contributed by atoms with van der Waals surface area (Å²) in [6.45, 7) is 12.6. The molecule has 0 aliphatic carbocycles. The van der Waals surface area contributed by atoms with Crippen molar-refractivity contribution in [3.63, 3.8) is 0 Å². The van der Waals surface area contributed by atoms with Crippen LogP contribution in [0, 0.1) is 0 Å². The van der Waals surface area contributed by atoms with Crippen LogP contribution in [0.1, 0.15) is 137 Å². The van der Waals surface area contributed by atoms with Crippen LogP contribution in [0.5, 0.6) is 0 Å². The topological polar surface area (TPSA) is 61.4 Å². The van der Waals surface area contributed by atoms with Gasteiger partial charge in [0.05, 0.1) is 0 Å². The first kappa shape index (κ1) is 34.1. The van der Waals surface area contributed by atoms with Gasteiger partial charge in [0.25, 0.3) is 0 Å². The van der Waals surface area contributed by atoms with Crippen molar-refractivity contribution in [2.45, 2.75) is 137 Å². The van der Waals surface area contributed by atoms with Crippen LogP contribution in [-0.4, -0.2) is 49.9 Å². The van der Waals surface area contributed by atoms with Gasteiger partial charge in [-0.25, -0.2) is 0 Å². The highest BCUT2D eigenvalue weighted by Crippen LogP contribution is 2.10. The zero-order valence-electron chi connectivity index (χ0n) is 23.1. The molecule has 0 aromatic carbocycles. The lowest BCUT2D eigenvalue weighted by atomic mass is 10.1. The molecule has 0 aromatic rings. The molecule has 0 rings (SSSR count). The fourth-order valence-corrected chi connectivity index (χ4v) is 3.45. The van der Waals surface area contributed by atoms with Crippen LogP contribution < -0.4 is 10.6 Å². The van der Waals surface area contributed by atoms with Gasteiger partial charge in [-0.1, -0.05) is 98.3 Å². The second-order valence-electron chi connectivity index (χ2n) is 9.30. The minimum absolute atomic E-state index is 0.0162. The summed E-state index contributed by atoms with van der Waals surface area (Å²) < 4.78 is 0. The quantitative estimate of drug-likeness (QED) is 0.170. The highest BCUT2D eigenvalue weighted by Gasteiger charge is 2.10. The molecule has 0 aromatic heterocycles. The first-order valence-corrected chi connectivity index (χ1v) is 14.2. The first-order chi connectivity index (χ1) is 16.0. The van der Waals surface area contributed by atoms with E-state index in [4.69, 9.17) is 0 Å². The summed E-state index contributed by atoms with van der Waals surface area (Å²) in [4.78, 5) is 25.2. The summed E-state index contributed by atoms with van der Waals surface area (Å²) in [5.41, 5.74) is 0. The smallest absolute Gasteiger partial charge is 0.222 e. The van der Waals surface area contributed by atoms with Crippen LogP contribution in [0.15, 0.2) is 0 Å². The van der Waals surface area contributed by atoms with Crippen LogP contribution in [0.25, 0.3) is 0 Å². The molecular weight excluding hydrogens is 410 g/mol. The average Bonchev–Trinajstić information content (AvgIpc) is 2.82. The van der Waals surface area contributed by atoms with Crippen molar-refractivity contribution in [2.24, 2.45) is 0 Å². The Morgan fingerprint density at radius 3 is 1.55 bits per heavy atom. The predicted octanol–water partition coefficient (Wildman–Crippen LogP) is 6.85. The van der Waals surface area contributed by atoms with Gasteiger partial charge in [-0.15, -0.1) is 0 Å². The molecule has 0 fully saturated rings. The van der Waals surface area contributed by atoms with Gasteiger partial charge in [0.15, 0.2) is 0 Å². The molecule has 0 radical (unpaired) electrons. The zero-order chi connectivity index (χ0) is 25.0. The van der Waals surface area contributed by atoms with E-state index < -0.39 is 0 Å². The first-order valence-electron chi connectivity index (χ1n) is 14.2. The number of nitrogens with one attached hydrogen (secondary N) is 2. The van der Waals surface area contributed by atoms with E-state index in [1.807, 2.05) is 14.0 Å². The van der Waals surface area contributed by atoms with E-state index in [1.54, 1.807) is 4.90 Å². The number of amides is 2. The fourth-order valence-electron chi connectivity index (χ4n) is 3.45. The number of hydrogen-bond acceptors (Lipinski definition) is 3. The second-order valence-corrected chi connectivity index (χ2v) is 9.30. The van der Waals surface area contributed by atoms with E-state index in [9.17, 15) is 9.59 Å². The molecule has 5 heteroatoms.